The zero-order valence-corrected chi connectivity index (χ0v) is 12.7. The first kappa shape index (κ1) is 15.0. The Kier molecular flexibility index (Phi) is 4.19. The van der Waals surface area contributed by atoms with Crippen molar-refractivity contribution in [2.75, 3.05) is 7.05 Å². The Labute approximate surface area is 133 Å². The summed E-state index contributed by atoms with van der Waals surface area (Å²) in [5.41, 5.74) is 2.83. The van der Waals surface area contributed by atoms with Crippen molar-refractivity contribution in [3.63, 3.8) is 0 Å². The summed E-state index contributed by atoms with van der Waals surface area (Å²) in [5.74, 6) is -0.446. The summed E-state index contributed by atoms with van der Waals surface area (Å²) in [4.78, 5) is 14.1. The van der Waals surface area contributed by atoms with Gasteiger partial charge in [0.1, 0.15) is 11.5 Å². The second kappa shape index (κ2) is 6.44. The fourth-order valence-corrected chi connectivity index (χ4v) is 2.33. The Morgan fingerprint density at radius 2 is 1.83 bits per heavy atom. The van der Waals surface area contributed by atoms with E-state index in [1.165, 1.54) is 12.1 Å². The third kappa shape index (κ3) is 3.45. The molecule has 1 amide bonds. The van der Waals surface area contributed by atoms with E-state index in [4.69, 9.17) is 0 Å². The molecule has 0 aliphatic rings. The number of carbonyl (C=O) groups excluding carboxylic acids is 1. The van der Waals surface area contributed by atoms with Gasteiger partial charge in [0, 0.05) is 19.2 Å². The maximum absolute atomic E-state index is 13.0. The molecule has 0 fully saturated rings. The van der Waals surface area contributed by atoms with Crippen LogP contribution in [0.1, 0.15) is 16.1 Å². The number of benzene rings is 2. The molecule has 0 saturated heterocycles. The topological polar surface area (TPSA) is 49.0 Å². The summed E-state index contributed by atoms with van der Waals surface area (Å²) >= 11 is 0. The van der Waals surface area contributed by atoms with Gasteiger partial charge in [0.05, 0.1) is 5.69 Å². The van der Waals surface area contributed by atoms with Crippen molar-refractivity contribution < 1.29 is 9.18 Å². The van der Waals surface area contributed by atoms with Gasteiger partial charge in [-0.1, -0.05) is 30.3 Å². The van der Waals surface area contributed by atoms with Crippen LogP contribution in [0.2, 0.25) is 0 Å². The van der Waals surface area contributed by atoms with Gasteiger partial charge in [0.15, 0.2) is 0 Å². The Morgan fingerprint density at radius 1 is 1.13 bits per heavy atom. The minimum absolute atomic E-state index is 0.144. The van der Waals surface area contributed by atoms with Crippen LogP contribution in [0.25, 0.3) is 11.3 Å². The molecule has 3 rings (SSSR count). The zero-order valence-electron chi connectivity index (χ0n) is 12.7. The molecule has 5 heteroatoms. The lowest BCUT2D eigenvalue weighted by atomic mass is 10.1. The van der Waals surface area contributed by atoms with Crippen LogP contribution in [0.4, 0.5) is 4.39 Å². The molecule has 0 radical (unpaired) electrons. The van der Waals surface area contributed by atoms with Crippen molar-refractivity contribution in [3.8, 4) is 11.3 Å². The number of amides is 1. The number of aromatic nitrogens is 2. The lowest BCUT2D eigenvalue weighted by molar-refractivity contribution is 0.0779. The van der Waals surface area contributed by atoms with Crippen molar-refractivity contribution in [1.29, 1.82) is 0 Å². The molecule has 3 aromatic rings. The van der Waals surface area contributed by atoms with E-state index in [9.17, 15) is 9.18 Å². The summed E-state index contributed by atoms with van der Waals surface area (Å²) in [7, 11) is 1.74. The minimum atomic E-state index is -0.303. The molecule has 1 heterocycles. The van der Waals surface area contributed by atoms with E-state index < -0.39 is 0 Å². The first-order valence-corrected chi connectivity index (χ1v) is 7.24. The summed E-state index contributed by atoms with van der Waals surface area (Å²) in [6.07, 6.45) is 0. The second-order valence-electron chi connectivity index (χ2n) is 5.32. The third-order valence-electron chi connectivity index (χ3n) is 3.56. The SMILES string of the molecule is CN(Cc1ccccc1)C(=O)c1cc(-c2ccc(F)cc2)n[nH]1. The highest BCUT2D eigenvalue weighted by Crippen LogP contribution is 2.18. The van der Waals surface area contributed by atoms with Gasteiger partial charge in [-0.25, -0.2) is 4.39 Å². The fraction of sp³-hybridized carbons (Fsp3) is 0.111. The van der Waals surface area contributed by atoms with E-state index in [1.54, 1.807) is 30.1 Å². The molecule has 2 aromatic carbocycles. The summed E-state index contributed by atoms with van der Waals surface area (Å²) in [5, 5.41) is 6.88. The van der Waals surface area contributed by atoms with Crippen LogP contribution in [-0.2, 0) is 6.54 Å². The molecule has 0 saturated carbocycles. The van der Waals surface area contributed by atoms with Crippen molar-refractivity contribution in [2.45, 2.75) is 6.54 Å². The van der Waals surface area contributed by atoms with Crippen LogP contribution in [0, 0.1) is 5.82 Å². The van der Waals surface area contributed by atoms with E-state index in [0.29, 0.717) is 17.9 Å². The predicted molar refractivity (Wildman–Crippen MR) is 86.2 cm³/mol. The van der Waals surface area contributed by atoms with E-state index >= 15 is 0 Å². The Morgan fingerprint density at radius 3 is 2.52 bits per heavy atom. The molecular weight excluding hydrogens is 293 g/mol. The number of H-pyrrole nitrogens is 1. The predicted octanol–water partition coefficient (Wildman–Crippen LogP) is 3.49. The summed E-state index contributed by atoms with van der Waals surface area (Å²) in [6, 6.07) is 17.4. The number of hydrogen-bond acceptors (Lipinski definition) is 2. The van der Waals surface area contributed by atoms with Crippen LogP contribution >= 0.6 is 0 Å². The average Bonchev–Trinajstić information content (AvgIpc) is 3.05. The standard InChI is InChI=1S/C18H16FN3O/c1-22(12-13-5-3-2-4-6-13)18(23)17-11-16(20-21-17)14-7-9-15(19)10-8-14/h2-11H,12H2,1H3,(H,20,21). The number of nitrogens with one attached hydrogen (secondary N) is 1. The Hall–Kier alpha value is -2.95. The highest BCUT2D eigenvalue weighted by Gasteiger charge is 2.15. The molecule has 0 unspecified atom stereocenters. The summed E-state index contributed by atoms with van der Waals surface area (Å²) in [6.45, 7) is 0.518. The number of rotatable bonds is 4. The number of hydrogen-bond donors (Lipinski definition) is 1. The van der Waals surface area contributed by atoms with E-state index in [1.807, 2.05) is 30.3 Å². The lowest BCUT2D eigenvalue weighted by Crippen LogP contribution is -2.26. The Balaban J connectivity index is 1.74. The molecule has 116 valence electrons. The largest absolute Gasteiger partial charge is 0.336 e. The second-order valence-corrected chi connectivity index (χ2v) is 5.32. The van der Waals surface area contributed by atoms with Gasteiger partial charge in [-0.3, -0.25) is 9.89 Å². The third-order valence-corrected chi connectivity index (χ3v) is 3.56. The molecule has 1 aromatic heterocycles. The van der Waals surface area contributed by atoms with E-state index in [2.05, 4.69) is 10.2 Å². The summed E-state index contributed by atoms with van der Waals surface area (Å²) < 4.78 is 13.0. The molecule has 0 bridgehead atoms. The normalized spacial score (nSPS) is 10.5. The first-order chi connectivity index (χ1) is 11.1. The van der Waals surface area contributed by atoms with Crippen molar-refractivity contribution in [2.24, 2.45) is 0 Å². The van der Waals surface area contributed by atoms with Crippen LogP contribution in [-0.4, -0.2) is 28.1 Å². The number of nitrogens with zero attached hydrogens (tertiary/aromatic N) is 2. The van der Waals surface area contributed by atoms with Gasteiger partial charge in [0.25, 0.3) is 5.91 Å². The van der Waals surface area contributed by atoms with Crippen LogP contribution in [0.5, 0.6) is 0 Å². The van der Waals surface area contributed by atoms with Crippen molar-refractivity contribution >= 4 is 5.91 Å². The molecule has 0 aliphatic heterocycles. The zero-order chi connectivity index (χ0) is 16.2. The molecule has 0 aliphatic carbocycles. The van der Waals surface area contributed by atoms with Gasteiger partial charge >= 0.3 is 0 Å². The quantitative estimate of drug-likeness (QED) is 0.802. The highest BCUT2D eigenvalue weighted by molar-refractivity contribution is 5.93. The van der Waals surface area contributed by atoms with Gasteiger partial charge in [-0.15, -0.1) is 0 Å². The minimum Gasteiger partial charge on any atom is -0.336 e. The van der Waals surface area contributed by atoms with Crippen LogP contribution < -0.4 is 0 Å². The van der Waals surface area contributed by atoms with E-state index in [0.717, 1.165) is 11.1 Å². The first-order valence-electron chi connectivity index (χ1n) is 7.24. The molecule has 0 spiro atoms. The van der Waals surface area contributed by atoms with Gasteiger partial charge in [-0.05, 0) is 35.9 Å². The van der Waals surface area contributed by atoms with Gasteiger partial charge in [-0.2, -0.15) is 5.10 Å². The fourth-order valence-electron chi connectivity index (χ4n) is 2.33. The number of aromatic amines is 1. The monoisotopic (exact) mass is 309 g/mol. The number of halogens is 1. The lowest BCUT2D eigenvalue weighted by Gasteiger charge is -2.16. The average molecular weight is 309 g/mol. The van der Waals surface area contributed by atoms with Gasteiger partial charge in [0.2, 0.25) is 0 Å². The molecule has 1 N–H and O–H groups in total. The van der Waals surface area contributed by atoms with Crippen LogP contribution in [0.3, 0.4) is 0 Å². The van der Waals surface area contributed by atoms with E-state index in [-0.39, 0.29) is 11.7 Å². The molecule has 23 heavy (non-hydrogen) atoms. The van der Waals surface area contributed by atoms with Crippen molar-refractivity contribution in [1.82, 2.24) is 15.1 Å². The maximum Gasteiger partial charge on any atom is 0.271 e. The van der Waals surface area contributed by atoms with Crippen LogP contribution in [0.15, 0.2) is 60.7 Å². The van der Waals surface area contributed by atoms with Crippen molar-refractivity contribution in [3.05, 3.63) is 77.7 Å². The Bertz CT molecular complexity index is 797. The smallest absolute Gasteiger partial charge is 0.271 e. The maximum atomic E-state index is 13.0. The molecule has 4 nitrogen and oxygen atoms in total. The number of carbonyl (C=O) groups is 1. The van der Waals surface area contributed by atoms with Gasteiger partial charge < -0.3 is 4.90 Å². The molecule has 0 atom stereocenters. The molecular formula is C18H16FN3O. The highest BCUT2D eigenvalue weighted by atomic mass is 19.1.